The molecule has 0 saturated heterocycles. The normalized spacial score (nSPS) is 16.4. The van der Waals surface area contributed by atoms with Crippen LogP contribution in [0.25, 0.3) is 11.0 Å². The Kier molecular flexibility index (Phi) is 1.56. The molecule has 2 aromatic rings. The molecule has 1 aliphatic carbocycles. The van der Waals surface area contributed by atoms with Crippen LogP contribution >= 0.6 is 11.6 Å². The van der Waals surface area contributed by atoms with Crippen LogP contribution in [0.2, 0.25) is 5.28 Å². The molecule has 0 N–H and O–H groups in total. The van der Waals surface area contributed by atoms with Gasteiger partial charge in [0.2, 0.25) is 5.28 Å². The number of rotatable bonds is 1. The summed E-state index contributed by atoms with van der Waals surface area (Å²) in [4.78, 5) is 8.31. The van der Waals surface area contributed by atoms with Crippen molar-refractivity contribution in [2.75, 3.05) is 0 Å². The van der Waals surface area contributed by atoms with Crippen LogP contribution in [0.5, 0.6) is 0 Å². The smallest absolute Gasteiger partial charge is 0.224 e. The van der Waals surface area contributed by atoms with Crippen molar-refractivity contribution in [3.05, 3.63) is 17.2 Å². The first-order valence-electron chi connectivity index (χ1n) is 4.63. The molecule has 1 aliphatic rings. The molecule has 14 heavy (non-hydrogen) atoms. The Morgan fingerprint density at radius 3 is 2.93 bits per heavy atom. The van der Waals surface area contributed by atoms with Gasteiger partial charge in [-0.2, -0.15) is 10.1 Å². The Balaban J connectivity index is 2.33. The van der Waals surface area contributed by atoms with Gasteiger partial charge in [-0.3, -0.25) is 0 Å². The predicted molar refractivity (Wildman–Crippen MR) is 53.3 cm³/mol. The molecule has 72 valence electrons. The van der Waals surface area contributed by atoms with E-state index in [-0.39, 0.29) is 0 Å². The number of aromatic nitrogens is 4. The van der Waals surface area contributed by atoms with Crippen LogP contribution in [0.15, 0.2) is 6.20 Å². The van der Waals surface area contributed by atoms with E-state index in [0.717, 1.165) is 16.7 Å². The minimum atomic E-state index is 0.303. The van der Waals surface area contributed by atoms with Crippen LogP contribution in [0, 0.1) is 6.92 Å². The summed E-state index contributed by atoms with van der Waals surface area (Å²) in [5.41, 5.74) is 1.76. The molecule has 0 spiro atoms. The maximum Gasteiger partial charge on any atom is 0.224 e. The number of hydrogen-bond donors (Lipinski definition) is 0. The second-order valence-corrected chi connectivity index (χ2v) is 3.97. The molecule has 0 radical (unpaired) electrons. The van der Waals surface area contributed by atoms with Crippen LogP contribution < -0.4 is 0 Å². The van der Waals surface area contributed by atoms with Gasteiger partial charge in [-0.25, -0.2) is 9.67 Å². The highest BCUT2D eigenvalue weighted by molar-refractivity contribution is 6.28. The molecule has 0 bridgehead atoms. The van der Waals surface area contributed by atoms with Crippen LogP contribution in [0.3, 0.4) is 0 Å². The Bertz CT molecular complexity index is 501. The lowest BCUT2D eigenvalue weighted by molar-refractivity contribution is 0.658. The molecular weight excluding hydrogens is 200 g/mol. The van der Waals surface area contributed by atoms with Gasteiger partial charge in [0.1, 0.15) is 0 Å². The molecule has 0 aliphatic heterocycles. The first-order chi connectivity index (χ1) is 6.75. The molecule has 4 nitrogen and oxygen atoms in total. The molecule has 0 aromatic carbocycles. The summed E-state index contributed by atoms with van der Waals surface area (Å²) < 4.78 is 1.95. The summed E-state index contributed by atoms with van der Waals surface area (Å²) in [5.74, 6) is 0. The second-order valence-electron chi connectivity index (χ2n) is 3.64. The van der Waals surface area contributed by atoms with Gasteiger partial charge < -0.3 is 0 Å². The SMILES string of the molecule is Cc1nc(Cl)nc2c1cnn2C1CC1. The standard InChI is InChI=1S/C9H9ClN4/c1-5-7-4-11-14(6-2-3-6)8(7)13-9(10)12-5/h4,6H,2-3H2,1H3. The Hall–Kier alpha value is -1.16. The minimum absolute atomic E-state index is 0.303. The fourth-order valence-electron chi connectivity index (χ4n) is 1.62. The van der Waals surface area contributed by atoms with Crippen molar-refractivity contribution >= 4 is 22.6 Å². The van der Waals surface area contributed by atoms with Crippen molar-refractivity contribution in [3.8, 4) is 0 Å². The van der Waals surface area contributed by atoms with Crippen molar-refractivity contribution in [1.82, 2.24) is 19.7 Å². The third-order valence-electron chi connectivity index (χ3n) is 2.51. The number of halogens is 1. The highest BCUT2D eigenvalue weighted by Crippen LogP contribution is 2.36. The quantitative estimate of drug-likeness (QED) is 0.675. The summed E-state index contributed by atoms with van der Waals surface area (Å²) in [6, 6.07) is 0.526. The van der Waals surface area contributed by atoms with Gasteiger partial charge in [0.05, 0.1) is 23.3 Å². The zero-order chi connectivity index (χ0) is 9.71. The molecule has 5 heteroatoms. The largest absolute Gasteiger partial charge is 0.244 e. The monoisotopic (exact) mass is 208 g/mol. The van der Waals surface area contributed by atoms with E-state index in [2.05, 4.69) is 15.1 Å². The van der Waals surface area contributed by atoms with E-state index in [4.69, 9.17) is 11.6 Å². The lowest BCUT2D eigenvalue weighted by Gasteiger charge is -2.00. The number of aryl methyl sites for hydroxylation is 1. The minimum Gasteiger partial charge on any atom is -0.244 e. The molecular formula is C9H9ClN4. The number of fused-ring (bicyclic) bond motifs is 1. The van der Waals surface area contributed by atoms with Crippen molar-refractivity contribution in [1.29, 1.82) is 0 Å². The summed E-state index contributed by atoms with van der Waals surface area (Å²) in [5, 5.41) is 5.62. The first kappa shape index (κ1) is 8.17. The van der Waals surface area contributed by atoms with E-state index in [1.165, 1.54) is 12.8 Å². The third-order valence-corrected chi connectivity index (χ3v) is 2.68. The van der Waals surface area contributed by atoms with Gasteiger partial charge in [0.25, 0.3) is 0 Å². The van der Waals surface area contributed by atoms with E-state index in [9.17, 15) is 0 Å². The highest BCUT2D eigenvalue weighted by atomic mass is 35.5. The average Bonchev–Trinajstić information content (AvgIpc) is 2.87. The van der Waals surface area contributed by atoms with E-state index in [1.807, 2.05) is 17.8 Å². The van der Waals surface area contributed by atoms with Crippen LogP contribution in [0.1, 0.15) is 24.6 Å². The molecule has 2 heterocycles. The summed E-state index contributed by atoms with van der Waals surface area (Å²) in [6.45, 7) is 1.93. The fraction of sp³-hybridized carbons (Fsp3) is 0.444. The van der Waals surface area contributed by atoms with E-state index >= 15 is 0 Å². The fourth-order valence-corrected chi connectivity index (χ4v) is 1.83. The zero-order valence-corrected chi connectivity index (χ0v) is 8.49. The van der Waals surface area contributed by atoms with Crippen LogP contribution in [0.4, 0.5) is 0 Å². The molecule has 0 amide bonds. The molecule has 0 unspecified atom stereocenters. The van der Waals surface area contributed by atoms with E-state index < -0.39 is 0 Å². The lowest BCUT2D eigenvalue weighted by Crippen LogP contribution is -1.98. The van der Waals surface area contributed by atoms with Crippen molar-refractivity contribution in [3.63, 3.8) is 0 Å². The number of hydrogen-bond acceptors (Lipinski definition) is 3. The molecule has 2 aromatic heterocycles. The third kappa shape index (κ3) is 1.10. The van der Waals surface area contributed by atoms with Crippen molar-refractivity contribution < 1.29 is 0 Å². The lowest BCUT2D eigenvalue weighted by atomic mass is 10.3. The summed E-state index contributed by atoms with van der Waals surface area (Å²) in [6.07, 6.45) is 4.20. The van der Waals surface area contributed by atoms with Crippen LogP contribution in [-0.4, -0.2) is 19.7 Å². The predicted octanol–water partition coefficient (Wildman–Crippen LogP) is 2.12. The second kappa shape index (κ2) is 2.67. The Morgan fingerprint density at radius 1 is 1.43 bits per heavy atom. The molecule has 0 atom stereocenters. The summed E-state index contributed by atoms with van der Waals surface area (Å²) in [7, 11) is 0. The van der Waals surface area contributed by atoms with Gasteiger partial charge >= 0.3 is 0 Å². The topological polar surface area (TPSA) is 43.6 Å². The van der Waals surface area contributed by atoms with Crippen LogP contribution in [-0.2, 0) is 0 Å². The molecule has 1 saturated carbocycles. The molecule has 3 rings (SSSR count). The molecule has 1 fully saturated rings. The Labute approximate surface area is 85.9 Å². The van der Waals surface area contributed by atoms with E-state index in [1.54, 1.807) is 0 Å². The highest BCUT2D eigenvalue weighted by Gasteiger charge is 2.26. The first-order valence-corrected chi connectivity index (χ1v) is 5.01. The maximum atomic E-state index is 5.81. The van der Waals surface area contributed by atoms with E-state index in [0.29, 0.717) is 11.3 Å². The Morgan fingerprint density at radius 2 is 2.21 bits per heavy atom. The van der Waals surface area contributed by atoms with Crippen molar-refractivity contribution in [2.45, 2.75) is 25.8 Å². The summed E-state index contributed by atoms with van der Waals surface area (Å²) >= 11 is 5.81. The van der Waals surface area contributed by atoms with Gasteiger partial charge in [0.15, 0.2) is 5.65 Å². The maximum absolute atomic E-state index is 5.81. The van der Waals surface area contributed by atoms with Gasteiger partial charge in [-0.05, 0) is 31.4 Å². The average molecular weight is 209 g/mol. The number of nitrogens with zero attached hydrogens (tertiary/aromatic N) is 4. The van der Waals surface area contributed by atoms with Crippen molar-refractivity contribution in [2.24, 2.45) is 0 Å². The van der Waals surface area contributed by atoms with Gasteiger partial charge in [0, 0.05) is 0 Å². The van der Waals surface area contributed by atoms with Gasteiger partial charge in [-0.1, -0.05) is 0 Å². The van der Waals surface area contributed by atoms with Gasteiger partial charge in [-0.15, -0.1) is 0 Å². The zero-order valence-electron chi connectivity index (χ0n) is 7.74.